The van der Waals surface area contributed by atoms with Crippen molar-refractivity contribution in [3.05, 3.63) is 29.3 Å². The molecule has 0 aliphatic heterocycles. The van der Waals surface area contributed by atoms with Crippen LogP contribution in [0.5, 0.6) is 0 Å². The Balaban J connectivity index is 3.02. The third kappa shape index (κ3) is 3.56. The summed E-state index contributed by atoms with van der Waals surface area (Å²) >= 11 is 0. The second-order valence-corrected chi connectivity index (χ2v) is 6.19. The Bertz CT molecular complexity index is 559. The topological polar surface area (TPSA) is 70.0 Å². The van der Waals surface area contributed by atoms with E-state index in [-0.39, 0.29) is 4.90 Å². The van der Waals surface area contributed by atoms with Crippen LogP contribution in [0, 0.1) is 24.2 Å². The Morgan fingerprint density at radius 1 is 1.44 bits per heavy atom. The van der Waals surface area contributed by atoms with Gasteiger partial charge in [0.05, 0.1) is 16.5 Å². The molecule has 18 heavy (non-hydrogen) atoms. The van der Waals surface area contributed by atoms with Crippen molar-refractivity contribution in [1.29, 1.82) is 5.26 Å². The summed E-state index contributed by atoms with van der Waals surface area (Å²) in [6.07, 6.45) is 0.916. The molecule has 5 heteroatoms. The Morgan fingerprint density at radius 2 is 2.11 bits per heavy atom. The lowest BCUT2D eigenvalue weighted by Crippen LogP contribution is -2.28. The van der Waals surface area contributed by atoms with Gasteiger partial charge in [0.2, 0.25) is 10.0 Å². The number of benzene rings is 1. The maximum Gasteiger partial charge on any atom is 0.240 e. The lowest BCUT2D eigenvalue weighted by atomic mass is 10.1. The van der Waals surface area contributed by atoms with Gasteiger partial charge in [-0.3, -0.25) is 0 Å². The van der Waals surface area contributed by atoms with Crippen LogP contribution in [-0.4, -0.2) is 15.0 Å². The van der Waals surface area contributed by atoms with Crippen molar-refractivity contribution in [2.24, 2.45) is 5.92 Å². The molecule has 1 rings (SSSR count). The van der Waals surface area contributed by atoms with Gasteiger partial charge in [0, 0.05) is 6.54 Å². The van der Waals surface area contributed by atoms with Gasteiger partial charge in [0.25, 0.3) is 0 Å². The Labute approximate surface area is 109 Å². The molecule has 0 saturated carbocycles. The predicted octanol–water partition coefficient (Wildman–Crippen LogP) is 2.19. The first kappa shape index (κ1) is 14.7. The third-order valence-corrected chi connectivity index (χ3v) is 4.49. The summed E-state index contributed by atoms with van der Waals surface area (Å²) in [4.78, 5) is 0.185. The van der Waals surface area contributed by atoms with Gasteiger partial charge in [-0.05, 0) is 30.5 Å². The maximum atomic E-state index is 12.1. The summed E-state index contributed by atoms with van der Waals surface area (Å²) in [5, 5.41) is 8.81. The molecule has 0 aliphatic carbocycles. The van der Waals surface area contributed by atoms with Crippen LogP contribution in [0.25, 0.3) is 0 Å². The average molecular weight is 266 g/mol. The fourth-order valence-electron chi connectivity index (χ4n) is 1.43. The van der Waals surface area contributed by atoms with Crippen molar-refractivity contribution in [1.82, 2.24) is 4.72 Å². The van der Waals surface area contributed by atoms with Gasteiger partial charge in [-0.2, -0.15) is 5.26 Å². The molecule has 1 aromatic rings. The van der Waals surface area contributed by atoms with Crippen molar-refractivity contribution in [3.63, 3.8) is 0 Å². The number of nitrogens with zero attached hydrogens (tertiary/aromatic N) is 1. The van der Waals surface area contributed by atoms with E-state index < -0.39 is 10.0 Å². The zero-order valence-corrected chi connectivity index (χ0v) is 11.7. The summed E-state index contributed by atoms with van der Waals surface area (Å²) in [6, 6.07) is 6.62. The molecule has 0 amide bonds. The summed E-state index contributed by atoms with van der Waals surface area (Å²) in [6.45, 7) is 6.13. The van der Waals surface area contributed by atoms with Crippen LogP contribution in [-0.2, 0) is 10.0 Å². The first-order chi connectivity index (χ1) is 8.40. The second kappa shape index (κ2) is 5.98. The Kier molecular flexibility index (Phi) is 4.88. The first-order valence-electron chi connectivity index (χ1n) is 5.91. The summed E-state index contributed by atoms with van der Waals surface area (Å²) in [5.41, 5.74) is 0.996. The molecule has 1 atom stereocenters. The zero-order valence-electron chi connectivity index (χ0n) is 10.9. The molecule has 1 unspecified atom stereocenters. The summed E-state index contributed by atoms with van der Waals surface area (Å²) in [7, 11) is -3.53. The molecule has 0 heterocycles. The monoisotopic (exact) mass is 266 g/mol. The first-order valence-corrected chi connectivity index (χ1v) is 7.39. The molecule has 0 bridgehead atoms. The largest absolute Gasteiger partial charge is 0.240 e. The van der Waals surface area contributed by atoms with E-state index in [9.17, 15) is 8.42 Å². The smallest absolute Gasteiger partial charge is 0.211 e. The predicted molar refractivity (Wildman–Crippen MR) is 70.5 cm³/mol. The number of hydrogen-bond acceptors (Lipinski definition) is 3. The number of rotatable bonds is 5. The molecular formula is C13H18N2O2S. The van der Waals surface area contributed by atoms with E-state index in [4.69, 9.17) is 5.26 Å². The molecular weight excluding hydrogens is 248 g/mol. The maximum absolute atomic E-state index is 12.1. The fourth-order valence-corrected chi connectivity index (χ4v) is 2.87. The van der Waals surface area contributed by atoms with Gasteiger partial charge in [-0.25, -0.2) is 13.1 Å². The van der Waals surface area contributed by atoms with Gasteiger partial charge in [-0.15, -0.1) is 0 Å². The number of nitriles is 1. The Hall–Kier alpha value is -1.38. The van der Waals surface area contributed by atoms with E-state index in [2.05, 4.69) is 4.72 Å². The van der Waals surface area contributed by atoms with Gasteiger partial charge in [0.1, 0.15) is 0 Å². The Morgan fingerprint density at radius 3 is 2.67 bits per heavy atom. The van der Waals surface area contributed by atoms with Crippen LogP contribution < -0.4 is 4.72 Å². The highest BCUT2D eigenvalue weighted by atomic mass is 32.2. The number of hydrogen-bond donors (Lipinski definition) is 1. The standard InChI is InChI=1S/C13H18N2O2S/c1-4-10(2)9-15-18(16,17)13-7-12(8-14)6-5-11(13)3/h5-7,10,15H,4,9H2,1-3H3. The van der Waals surface area contributed by atoms with E-state index in [0.29, 0.717) is 23.6 Å². The molecule has 0 aliphatic rings. The number of nitrogens with one attached hydrogen (secondary N) is 1. The van der Waals surface area contributed by atoms with Gasteiger partial charge in [-0.1, -0.05) is 26.3 Å². The highest BCUT2D eigenvalue weighted by molar-refractivity contribution is 7.89. The van der Waals surface area contributed by atoms with Crippen LogP contribution in [0.4, 0.5) is 0 Å². The summed E-state index contributed by atoms with van der Waals surface area (Å²) in [5.74, 6) is 0.291. The van der Waals surface area contributed by atoms with Crippen molar-refractivity contribution < 1.29 is 8.42 Å². The minimum absolute atomic E-state index is 0.185. The van der Waals surface area contributed by atoms with E-state index in [0.717, 1.165) is 6.42 Å². The van der Waals surface area contributed by atoms with Crippen molar-refractivity contribution in [2.75, 3.05) is 6.54 Å². The molecule has 4 nitrogen and oxygen atoms in total. The molecule has 1 aromatic carbocycles. The van der Waals surface area contributed by atoms with Crippen LogP contribution in [0.1, 0.15) is 31.4 Å². The highest BCUT2D eigenvalue weighted by Gasteiger charge is 2.17. The minimum atomic E-state index is -3.53. The lowest BCUT2D eigenvalue weighted by Gasteiger charge is -2.12. The van der Waals surface area contributed by atoms with Crippen molar-refractivity contribution in [3.8, 4) is 6.07 Å². The van der Waals surface area contributed by atoms with Crippen LogP contribution >= 0.6 is 0 Å². The minimum Gasteiger partial charge on any atom is -0.211 e. The number of sulfonamides is 1. The van der Waals surface area contributed by atoms with E-state index in [1.54, 1.807) is 19.1 Å². The van der Waals surface area contributed by atoms with Gasteiger partial charge < -0.3 is 0 Å². The lowest BCUT2D eigenvalue weighted by molar-refractivity contribution is 0.528. The van der Waals surface area contributed by atoms with Crippen LogP contribution in [0.3, 0.4) is 0 Å². The SMILES string of the molecule is CCC(C)CNS(=O)(=O)c1cc(C#N)ccc1C. The third-order valence-electron chi connectivity index (χ3n) is 2.93. The van der Waals surface area contributed by atoms with Gasteiger partial charge >= 0.3 is 0 Å². The zero-order chi connectivity index (χ0) is 13.8. The average Bonchev–Trinajstić information content (AvgIpc) is 2.36. The van der Waals surface area contributed by atoms with Crippen LogP contribution in [0.2, 0.25) is 0 Å². The van der Waals surface area contributed by atoms with Gasteiger partial charge in [0.15, 0.2) is 0 Å². The molecule has 0 aromatic heterocycles. The molecule has 98 valence electrons. The fraction of sp³-hybridized carbons (Fsp3) is 0.462. The number of aryl methyl sites for hydroxylation is 1. The molecule has 0 fully saturated rings. The second-order valence-electron chi connectivity index (χ2n) is 4.46. The van der Waals surface area contributed by atoms with Crippen LogP contribution in [0.15, 0.2) is 23.1 Å². The summed E-state index contributed by atoms with van der Waals surface area (Å²) < 4.78 is 26.8. The molecule has 0 saturated heterocycles. The van der Waals surface area contributed by atoms with Crippen molar-refractivity contribution >= 4 is 10.0 Å². The van der Waals surface area contributed by atoms with Crippen molar-refractivity contribution in [2.45, 2.75) is 32.1 Å². The van der Waals surface area contributed by atoms with E-state index in [1.807, 2.05) is 19.9 Å². The quantitative estimate of drug-likeness (QED) is 0.888. The molecule has 1 N–H and O–H groups in total. The molecule has 0 radical (unpaired) electrons. The highest BCUT2D eigenvalue weighted by Crippen LogP contribution is 2.17. The normalized spacial score (nSPS) is 13.0. The molecule has 0 spiro atoms. The van der Waals surface area contributed by atoms with E-state index >= 15 is 0 Å². The van der Waals surface area contributed by atoms with E-state index in [1.165, 1.54) is 6.07 Å².